The number of rotatable bonds is 5. The molecule has 0 bridgehead atoms. The molecule has 0 aliphatic carbocycles. The van der Waals surface area contributed by atoms with Gasteiger partial charge in [0.05, 0.1) is 7.11 Å². The highest BCUT2D eigenvalue weighted by molar-refractivity contribution is 5.61. The molecule has 0 saturated carbocycles. The number of anilines is 2. The van der Waals surface area contributed by atoms with Crippen LogP contribution in [-0.2, 0) is 6.42 Å². The SMILES string of the molecule is COc1ccc(N(C)CCc2ccncc2)n2nc(N)nc12. The number of aromatic nitrogens is 4. The Labute approximate surface area is 128 Å². The molecule has 0 amide bonds. The maximum Gasteiger partial charge on any atom is 0.240 e. The second-order valence-electron chi connectivity index (χ2n) is 4.99. The van der Waals surface area contributed by atoms with Crippen LogP contribution in [0.5, 0.6) is 5.75 Å². The molecule has 0 fully saturated rings. The van der Waals surface area contributed by atoms with Crippen LogP contribution in [0.3, 0.4) is 0 Å². The normalized spacial score (nSPS) is 10.8. The minimum atomic E-state index is 0.230. The number of nitrogens with two attached hydrogens (primary N) is 1. The lowest BCUT2D eigenvalue weighted by molar-refractivity contribution is 0.416. The maximum atomic E-state index is 5.72. The van der Waals surface area contributed by atoms with E-state index in [-0.39, 0.29) is 5.95 Å². The van der Waals surface area contributed by atoms with Crippen molar-refractivity contribution < 1.29 is 4.74 Å². The summed E-state index contributed by atoms with van der Waals surface area (Å²) in [6, 6.07) is 7.87. The van der Waals surface area contributed by atoms with Gasteiger partial charge in [-0.3, -0.25) is 4.98 Å². The Kier molecular flexibility index (Phi) is 3.78. The third-order valence-electron chi connectivity index (χ3n) is 3.54. The van der Waals surface area contributed by atoms with Crippen molar-refractivity contribution in [1.29, 1.82) is 0 Å². The lowest BCUT2D eigenvalue weighted by Gasteiger charge is -2.20. The van der Waals surface area contributed by atoms with Gasteiger partial charge in [0.25, 0.3) is 0 Å². The minimum absolute atomic E-state index is 0.230. The van der Waals surface area contributed by atoms with Gasteiger partial charge in [-0.2, -0.15) is 9.50 Å². The molecule has 3 aromatic rings. The second-order valence-corrected chi connectivity index (χ2v) is 4.99. The molecule has 3 heterocycles. The summed E-state index contributed by atoms with van der Waals surface area (Å²) in [6.07, 6.45) is 4.52. The Morgan fingerprint density at radius 1 is 1.23 bits per heavy atom. The molecule has 3 aromatic heterocycles. The fraction of sp³-hybridized carbons (Fsp3) is 0.267. The molecular formula is C15H18N6O. The molecular weight excluding hydrogens is 280 g/mol. The van der Waals surface area contributed by atoms with E-state index in [4.69, 9.17) is 10.5 Å². The summed E-state index contributed by atoms with van der Waals surface area (Å²) in [4.78, 5) is 10.4. The number of hydrogen-bond acceptors (Lipinski definition) is 6. The van der Waals surface area contributed by atoms with Crippen LogP contribution in [0.25, 0.3) is 5.65 Å². The van der Waals surface area contributed by atoms with E-state index in [1.807, 2.05) is 31.3 Å². The zero-order valence-corrected chi connectivity index (χ0v) is 12.6. The monoisotopic (exact) mass is 298 g/mol. The van der Waals surface area contributed by atoms with Crippen LogP contribution in [0, 0.1) is 0 Å². The lowest BCUT2D eigenvalue weighted by atomic mass is 10.2. The van der Waals surface area contributed by atoms with Gasteiger partial charge in [-0.15, -0.1) is 5.10 Å². The largest absolute Gasteiger partial charge is 0.493 e. The van der Waals surface area contributed by atoms with E-state index >= 15 is 0 Å². The van der Waals surface area contributed by atoms with Crippen molar-refractivity contribution >= 4 is 17.4 Å². The Morgan fingerprint density at radius 2 is 2.00 bits per heavy atom. The molecule has 22 heavy (non-hydrogen) atoms. The highest BCUT2D eigenvalue weighted by Gasteiger charge is 2.13. The molecule has 0 aliphatic rings. The van der Waals surface area contributed by atoms with Crippen molar-refractivity contribution in [1.82, 2.24) is 19.6 Å². The number of hydrogen-bond donors (Lipinski definition) is 1. The van der Waals surface area contributed by atoms with E-state index in [0.717, 1.165) is 18.8 Å². The average molecular weight is 298 g/mol. The number of nitrogen functional groups attached to an aromatic ring is 1. The highest BCUT2D eigenvalue weighted by Crippen LogP contribution is 2.24. The maximum absolute atomic E-state index is 5.72. The molecule has 0 spiro atoms. The molecule has 0 unspecified atom stereocenters. The van der Waals surface area contributed by atoms with Crippen LogP contribution in [0.15, 0.2) is 36.7 Å². The molecule has 0 radical (unpaired) electrons. The van der Waals surface area contributed by atoms with Gasteiger partial charge in [0.1, 0.15) is 5.82 Å². The van der Waals surface area contributed by atoms with Gasteiger partial charge in [0.2, 0.25) is 11.6 Å². The average Bonchev–Trinajstić information content (AvgIpc) is 2.94. The first kappa shape index (κ1) is 14.1. The zero-order valence-electron chi connectivity index (χ0n) is 12.6. The van der Waals surface area contributed by atoms with Crippen LogP contribution >= 0.6 is 0 Å². The molecule has 2 N–H and O–H groups in total. The summed E-state index contributed by atoms with van der Waals surface area (Å²) in [5.74, 6) is 1.79. The number of nitrogens with zero attached hydrogens (tertiary/aromatic N) is 5. The predicted molar refractivity (Wildman–Crippen MR) is 85.2 cm³/mol. The lowest BCUT2D eigenvalue weighted by Crippen LogP contribution is -2.23. The number of methoxy groups -OCH3 is 1. The van der Waals surface area contributed by atoms with Crippen molar-refractivity contribution in [3.8, 4) is 5.75 Å². The van der Waals surface area contributed by atoms with Gasteiger partial charge in [-0.1, -0.05) is 0 Å². The number of pyridine rings is 2. The van der Waals surface area contributed by atoms with Gasteiger partial charge in [0, 0.05) is 26.0 Å². The molecule has 0 aromatic carbocycles. The Bertz CT molecular complexity index is 770. The van der Waals surface area contributed by atoms with Crippen molar-refractivity contribution in [3.63, 3.8) is 0 Å². The van der Waals surface area contributed by atoms with Crippen LogP contribution in [0.4, 0.5) is 11.8 Å². The third-order valence-corrected chi connectivity index (χ3v) is 3.54. The smallest absolute Gasteiger partial charge is 0.240 e. The van der Waals surface area contributed by atoms with Crippen molar-refractivity contribution in [2.45, 2.75) is 6.42 Å². The zero-order chi connectivity index (χ0) is 15.5. The number of ether oxygens (including phenoxy) is 1. The fourth-order valence-electron chi connectivity index (χ4n) is 2.35. The predicted octanol–water partition coefficient (Wildman–Crippen LogP) is 1.39. The van der Waals surface area contributed by atoms with Gasteiger partial charge in [-0.25, -0.2) is 0 Å². The van der Waals surface area contributed by atoms with Gasteiger partial charge in [0.15, 0.2) is 5.75 Å². The van der Waals surface area contributed by atoms with E-state index in [1.54, 1.807) is 24.0 Å². The van der Waals surface area contributed by atoms with Crippen molar-refractivity contribution in [2.75, 3.05) is 31.3 Å². The number of likely N-dealkylation sites (N-methyl/N-ethyl adjacent to an activating group) is 1. The van der Waals surface area contributed by atoms with Crippen LogP contribution in [0.1, 0.15) is 5.56 Å². The fourth-order valence-corrected chi connectivity index (χ4v) is 2.35. The van der Waals surface area contributed by atoms with E-state index in [2.05, 4.69) is 20.0 Å². The Morgan fingerprint density at radius 3 is 2.73 bits per heavy atom. The third kappa shape index (κ3) is 2.65. The van der Waals surface area contributed by atoms with E-state index < -0.39 is 0 Å². The molecule has 0 atom stereocenters. The Balaban J connectivity index is 1.86. The topological polar surface area (TPSA) is 81.6 Å². The summed E-state index contributed by atoms with van der Waals surface area (Å²) in [7, 11) is 3.62. The first-order valence-corrected chi connectivity index (χ1v) is 6.98. The standard InChI is InChI=1S/C15H18N6O/c1-20(10-7-11-5-8-17-9-6-11)13-4-3-12(22-2)14-18-15(16)19-21(13)14/h3-6,8-9H,7,10H2,1-2H3,(H2,16,19). The van der Waals surface area contributed by atoms with Crippen LogP contribution in [0.2, 0.25) is 0 Å². The van der Waals surface area contributed by atoms with Gasteiger partial charge >= 0.3 is 0 Å². The summed E-state index contributed by atoms with van der Waals surface area (Å²) >= 11 is 0. The molecule has 3 rings (SSSR count). The van der Waals surface area contributed by atoms with Crippen LogP contribution < -0.4 is 15.4 Å². The van der Waals surface area contributed by atoms with E-state index in [0.29, 0.717) is 11.4 Å². The van der Waals surface area contributed by atoms with Crippen molar-refractivity contribution in [3.05, 3.63) is 42.2 Å². The highest BCUT2D eigenvalue weighted by atomic mass is 16.5. The van der Waals surface area contributed by atoms with Gasteiger partial charge < -0.3 is 15.4 Å². The first-order valence-electron chi connectivity index (χ1n) is 6.98. The molecule has 7 heteroatoms. The molecule has 114 valence electrons. The summed E-state index contributed by atoms with van der Waals surface area (Å²) in [5.41, 5.74) is 7.58. The van der Waals surface area contributed by atoms with Crippen LogP contribution in [-0.4, -0.2) is 40.3 Å². The second kappa shape index (κ2) is 5.88. The first-order chi connectivity index (χ1) is 10.7. The van der Waals surface area contributed by atoms with Crippen molar-refractivity contribution in [2.24, 2.45) is 0 Å². The molecule has 0 saturated heterocycles. The Hall–Kier alpha value is -2.83. The summed E-state index contributed by atoms with van der Waals surface area (Å²) in [5, 5.41) is 4.25. The van der Waals surface area contributed by atoms with E-state index in [1.165, 1.54) is 5.56 Å². The summed E-state index contributed by atoms with van der Waals surface area (Å²) in [6.45, 7) is 0.838. The summed E-state index contributed by atoms with van der Waals surface area (Å²) < 4.78 is 7.01. The minimum Gasteiger partial charge on any atom is -0.493 e. The molecule has 7 nitrogen and oxygen atoms in total. The molecule has 0 aliphatic heterocycles. The number of fused-ring (bicyclic) bond motifs is 1. The quantitative estimate of drug-likeness (QED) is 0.766. The van der Waals surface area contributed by atoms with Gasteiger partial charge in [-0.05, 0) is 36.2 Å². The van der Waals surface area contributed by atoms with E-state index in [9.17, 15) is 0 Å².